The molecular formula is C27H28N2O3. The fourth-order valence-electron chi connectivity index (χ4n) is 4.15. The van der Waals surface area contributed by atoms with Crippen molar-refractivity contribution < 1.29 is 14.3 Å². The van der Waals surface area contributed by atoms with E-state index in [1.54, 1.807) is 0 Å². The van der Waals surface area contributed by atoms with Crippen molar-refractivity contribution in [3.63, 3.8) is 0 Å². The fourth-order valence-corrected chi connectivity index (χ4v) is 4.15. The van der Waals surface area contributed by atoms with Crippen LogP contribution in [0.2, 0.25) is 0 Å². The molecule has 0 heterocycles. The molecule has 1 aliphatic rings. The van der Waals surface area contributed by atoms with Crippen molar-refractivity contribution in [3.8, 4) is 11.1 Å². The predicted molar refractivity (Wildman–Crippen MR) is 127 cm³/mol. The predicted octanol–water partition coefficient (Wildman–Crippen LogP) is 5.33. The molecule has 0 aliphatic heterocycles. The number of rotatable bonds is 7. The number of ether oxygens (including phenoxy) is 1. The third-order valence-electron chi connectivity index (χ3n) is 5.85. The van der Waals surface area contributed by atoms with E-state index < -0.39 is 12.1 Å². The third-order valence-corrected chi connectivity index (χ3v) is 5.85. The first-order valence-corrected chi connectivity index (χ1v) is 11.0. The summed E-state index contributed by atoms with van der Waals surface area (Å²) < 4.78 is 6.49. The molecular weight excluding hydrogens is 400 g/mol. The number of nitrogens with one attached hydrogen (secondary N) is 1. The Labute approximate surface area is 189 Å². The van der Waals surface area contributed by atoms with Crippen molar-refractivity contribution in [1.29, 1.82) is 0 Å². The number of nitrogens with zero attached hydrogens (tertiary/aromatic N) is 1. The molecule has 0 aromatic heterocycles. The van der Waals surface area contributed by atoms with Crippen LogP contribution in [0, 0.1) is 11.1 Å². The first-order valence-electron chi connectivity index (χ1n) is 11.0. The van der Waals surface area contributed by atoms with Crippen molar-refractivity contribution in [1.82, 2.24) is 5.32 Å². The Morgan fingerprint density at radius 1 is 0.969 bits per heavy atom. The summed E-state index contributed by atoms with van der Waals surface area (Å²) >= 11 is 0. The molecule has 0 spiro atoms. The summed E-state index contributed by atoms with van der Waals surface area (Å²) in [5.74, 6) is 0.0476. The summed E-state index contributed by atoms with van der Waals surface area (Å²) in [5.41, 5.74) is 5.63. The van der Waals surface area contributed by atoms with Crippen molar-refractivity contribution in [2.24, 2.45) is 5.92 Å². The lowest BCUT2D eigenvalue weighted by molar-refractivity contribution is -0.471. The molecule has 3 aromatic carbocycles. The Morgan fingerprint density at radius 3 is 2.12 bits per heavy atom. The van der Waals surface area contributed by atoms with Crippen molar-refractivity contribution >= 4 is 12.3 Å². The van der Waals surface area contributed by atoms with Crippen LogP contribution >= 0.6 is 0 Å². The molecule has 32 heavy (non-hydrogen) atoms. The molecule has 5 heteroatoms. The minimum atomic E-state index is -0.519. The molecule has 1 N–H and O–H groups in total. The summed E-state index contributed by atoms with van der Waals surface area (Å²) in [4.78, 5) is 12.6. The van der Waals surface area contributed by atoms with Crippen LogP contribution in [0.25, 0.3) is 11.1 Å². The third kappa shape index (κ3) is 4.83. The molecule has 5 nitrogen and oxygen atoms in total. The number of hydrogen-bond acceptors (Lipinski definition) is 3. The number of carbonyl (C=O) groups is 1. The Balaban J connectivity index is 1.41. The van der Waals surface area contributed by atoms with Gasteiger partial charge in [0.05, 0.1) is 0 Å². The van der Waals surface area contributed by atoms with E-state index in [1.165, 1.54) is 28.5 Å². The van der Waals surface area contributed by atoms with Gasteiger partial charge in [-0.15, -0.1) is 0 Å². The largest absolute Gasteiger partial charge is 0.624 e. The van der Waals surface area contributed by atoms with Gasteiger partial charge in [-0.05, 0) is 28.2 Å². The normalized spacial score (nSPS) is 14.0. The van der Waals surface area contributed by atoms with E-state index in [1.807, 2.05) is 68.4 Å². The van der Waals surface area contributed by atoms with Crippen LogP contribution in [-0.4, -0.2) is 29.7 Å². The van der Waals surface area contributed by atoms with Gasteiger partial charge in [0, 0.05) is 11.5 Å². The molecule has 3 aromatic rings. The first-order chi connectivity index (χ1) is 15.5. The highest BCUT2D eigenvalue weighted by atomic mass is 16.5. The number of hydrogen-bond donors (Lipinski definition) is 1. The first kappa shape index (κ1) is 21.6. The molecule has 0 saturated carbocycles. The van der Waals surface area contributed by atoms with Gasteiger partial charge >= 0.3 is 6.09 Å². The monoisotopic (exact) mass is 428 g/mol. The molecule has 1 amide bonds. The fraction of sp³-hybridized carbons (Fsp3) is 0.259. The van der Waals surface area contributed by atoms with Gasteiger partial charge in [0.15, 0.2) is 12.8 Å². The molecule has 0 radical (unpaired) electrons. The van der Waals surface area contributed by atoms with E-state index in [0.717, 1.165) is 10.3 Å². The van der Waals surface area contributed by atoms with Gasteiger partial charge in [-0.1, -0.05) is 92.7 Å². The molecule has 1 aliphatic carbocycles. The van der Waals surface area contributed by atoms with E-state index >= 15 is 0 Å². The Hall–Kier alpha value is -3.60. The van der Waals surface area contributed by atoms with Crippen LogP contribution in [0.15, 0.2) is 78.9 Å². The highest BCUT2D eigenvalue weighted by molar-refractivity contribution is 5.79. The van der Waals surface area contributed by atoms with Crippen molar-refractivity contribution in [2.75, 3.05) is 6.61 Å². The zero-order valence-electron chi connectivity index (χ0n) is 18.4. The van der Waals surface area contributed by atoms with E-state index in [2.05, 4.69) is 29.6 Å². The average molecular weight is 429 g/mol. The van der Waals surface area contributed by atoms with Gasteiger partial charge in [0.1, 0.15) is 12.6 Å². The zero-order chi connectivity index (χ0) is 22.5. The quantitative estimate of drug-likeness (QED) is 0.239. The number of fused-ring (bicyclic) bond motifs is 3. The number of hydroxylamine groups is 1. The SMILES string of the molecule is CC(C)[C@@H](/C=[N+](\[O-])Cc1ccccc1)NC(=O)OCC1c2ccccc2-c2ccccc21. The number of amides is 1. The van der Waals surface area contributed by atoms with Gasteiger partial charge in [-0.2, -0.15) is 0 Å². The Kier molecular flexibility index (Phi) is 6.55. The van der Waals surface area contributed by atoms with E-state index in [-0.39, 0.29) is 25.0 Å². The molecule has 0 saturated heterocycles. The van der Waals surface area contributed by atoms with E-state index in [9.17, 15) is 10.0 Å². The van der Waals surface area contributed by atoms with Crippen molar-refractivity contribution in [2.45, 2.75) is 32.4 Å². The average Bonchev–Trinajstić information content (AvgIpc) is 3.11. The summed E-state index contributed by atoms with van der Waals surface area (Å²) in [5, 5.41) is 15.3. The van der Waals surface area contributed by atoms with Gasteiger partial charge in [0.25, 0.3) is 0 Å². The standard InChI is InChI=1S/C27H28N2O3/c1-19(2)26(17-29(31)16-20-10-4-3-5-11-20)28-27(30)32-18-25-23-14-8-6-12-21(23)22-13-7-9-15-24(22)25/h3-15,17,19,25-26H,16,18H2,1-2H3,(H,28,30)/b29-17-/t26-/m1/s1. The highest BCUT2D eigenvalue weighted by Gasteiger charge is 2.29. The molecule has 0 unspecified atom stereocenters. The maximum Gasteiger partial charge on any atom is 0.407 e. The summed E-state index contributed by atoms with van der Waals surface area (Å²) in [6, 6.07) is 25.6. The minimum absolute atomic E-state index is 0.00344. The molecule has 1 atom stereocenters. The smallest absolute Gasteiger partial charge is 0.407 e. The number of alkyl carbamates (subject to hydrolysis) is 1. The lowest BCUT2D eigenvalue weighted by Gasteiger charge is -2.19. The topological polar surface area (TPSA) is 64.4 Å². The van der Waals surface area contributed by atoms with Gasteiger partial charge in [-0.3, -0.25) is 0 Å². The Bertz CT molecular complexity index is 1060. The summed E-state index contributed by atoms with van der Waals surface area (Å²) in [7, 11) is 0. The molecule has 0 fully saturated rings. The second kappa shape index (κ2) is 9.69. The van der Waals surface area contributed by atoms with Crippen LogP contribution in [-0.2, 0) is 11.3 Å². The van der Waals surface area contributed by atoms with Crippen LogP contribution in [0.3, 0.4) is 0 Å². The second-order valence-electron chi connectivity index (χ2n) is 8.45. The van der Waals surface area contributed by atoms with Crippen LogP contribution in [0.5, 0.6) is 0 Å². The van der Waals surface area contributed by atoms with E-state index in [0.29, 0.717) is 0 Å². The molecule has 4 rings (SSSR count). The summed E-state index contributed by atoms with van der Waals surface area (Å²) in [6.07, 6.45) is 0.994. The number of carbonyl (C=O) groups excluding carboxylic acids is 1. The van der Waals surface area contributed by atoms with Crippen LogP contribution in [0.1, 0.15) is 36.5 Å². The van der Waals surface area contributed by atoms with Gasteiger partial charge in [0.2, 0.25) is 0 Å². The van der Waals surface area contributed by atoms with Crippen LogP contribution in [0.4, 0.5) is 4.79 Å². The van der Waals surface area contributed by atoms with Gasteiger partial charge < -0.3 is 15.3 Å². The Morgan fingerprint density at radius 2 is 1.53 bits per heavy atom. The molecule has 0 bridgehead atoms. The number of benzene rings is 3. The maximum absolute atomic E-state index is 12.6. The lowest BCUT2D eigenvalue weighted by atomic mass is 9.98. The van der Waals surface area contributed by atoms with E-state index in [4.69, 9.17) is 4.74 Å². The molecule has 164 valence electrons. The zero-order valence-corrected chi connectivity index (χ0v) is 18.4. The van der Waals surface area contributed by atoms with Crippen molar-refractivity contribution in [3.05, 3.63) is 101 Å². The summed E-state index contributed by atoms with van der Waals surface area (Å²) in [6.45, 7) is 4.40. The lowest BCUT2D eigenvalue weighted by Crippen LogP contribution is -2.42. The van der Waals surface area contributed by atoms with Crippen LogP contribution < -0.4 is 5.32 Å². The second-order valence-corrected chi connectivity index (χ2v) is 8.45. The minimum Gasteiger partial charge on any atom is -0.624 e. The van der Waals surface area contributed by atoms with Gasteiger partial charge in [-0.25, -0.2) is 9.53 Å². The maximum atomic E-state index is 12.6. The highest BCUT2D eigenvalue weighted by Crippen LogP contribution is 2.44.